The van der Waals surface area contributed by atoms with Crippen LogP contribution < -0.4 is 15.4 Å². The molecule has 0 spiro atoms. The van der Waals surface area contributed by atoms with Crippen molar-refractivity contribution in [2.45, 2.75) is 45.9 Å². The van der Waals surface area contributed by atoms with Crippen LogP contribution in [0.2, 0.25) is 0 Å². The Morgan fingerprint density at radius 2 is 1.91 bits per heavy atom. The van der Waals surface area contributed by atoms with Gasteiger partial charge in [0.2, 0.25) is 5.91 Å². The normalized spacial score (nSPS) is 21.8. The van der Waals surface area contributed by atoms with Gasteiger partial charge in [-0.1, -0.05) is 6.92 Å². The van der Waals surface area contributed by atoms with Crippen molar-refractivity contribution in [2.75, 3.05) is 52.9 Å². The zero-order chi connectivity index (χ0) is 25.4. The molecule has 0 fully saturated rings. The summed E-state index contributed by atoms with van der Waals surface area (Å²) >= 11 is 0. The van der Waals surface area contributed by atoms with Crippen molar-refractivity contribution in [1.82, 2.24) is 15.1 Å². The number of urea groups is 1. The highest BCUT2D eigenvalue weighted by Gasteiger charge is 2.30. The van der Waals surface area contributed by atoms with Gasteiger partial charge in [-0.3, -0.25) is 9.59 Å². The van der Waals surface area contributed by atoms with Crippen molar-refractivity contribution < 1.29 is 28.6 Å². The monoisotopic (exact) mass is 478 g/mol. The van der Waals surface area contributed by atoms with Crippen LogP contribution in [0.4, 0.5) is 10.5 Å². The van der Waals surface area contributed by atoms with Crippen molar-refractivity contribution in [3.8, 4) is 5.75 Å². The molecule has 1 aromatic rings. The van der Waals surface area contributed by atoms with Crippen molar-refractivity contribution in [2.24, 2.45) is 5.92 Å². The van der Waals surface area contributed by atoms with Gasteiger partial charge >= 0.3 is 6.03 Å². The Morgan fingerprint density at radius 3 is 2.53 bits per heavy atom. The molecule has 0 aliphatic carbocycles. The minimum Gasteiger partial charge on any atom is -0.491 e. The number of hydrogen-bond donors (Lipinski definition) is 2. The topological polar surface area (TPSA) is 109 Å². The van der Waals surface area contributed by atoms with Crippen molar-refractivity contribution in [3.63, 3.8) is 0 Å². The van der Waals surface area contributed by atoms with Gasteiger partial charge in [-0.25, -0.2) is 4.79 Å². The minimum absolute atomic E-state index is 0.0155. The molecule has 1 heterocycles. The van der Waals surface area contributed by atoms with Crippen LogP contribution in [0.1, 0.15) is 38.1 Å². The van der Waals surface area contributed by atoms with Crippen LogP contribution in [-0.2, 0) is 14.3 Å². The third kappa shape index (κ3) is 7.33. The number of nitrogens with zero attached hydrogens (tertiary/aromatic N) is 2. The summed E-state index contributed by atoms with van der Waals surface area (Å²) in [5.74, 6) is -0.244. The molecule has 1 aliphatic rings. The average molecular weight is 479 g/mol. The van der Waals surface area contributed by atoms with Crippen LogP contribution >= 0.6 is 0 Å². The van der Waals surface area contributed by atoms with Crippen molar-refractivity contribution >= 4 is 23.5 Å². The quantitative estimate of drug-likeness (QED) is 0.672. The molecule has 4 amide bonds. The van der Waals surface area contributed by atoms with Crippen molar-refractivity contribution in [1.29, 1.82) is 0 Å². The third-order valence-corrected chi connectivity index (χ3v) is 5.68. The summed E-state index contributed by atoms with van der Waals surface area (Å²) in [5.41, 5.74) is 0.842. The highest BCUT2D eigenvalue weighted by Crippen LogP contribution is 2.27. The molecule has 3 atom stereocenters. The third-order valence-electron chi connectivity index (χ3n) is 5.68. The van der Waals surface area contributed by atoms with Gasteiger partial charge in [0.05, 0.1) is 17.7 Å². The number of benzene rings is 1. The number of carbonyl (C=O) groups is 3. The number of hydrogen-bond acceptors (Lipinski definition) is 6. The molecular weight excluding hydrogens is 440 g/mol. The van der Waals surface area contributed by atoms with Crippen LogP contribution in [0.5, 0.6) is 5.75 Å². The lowest BCUT2D eigenvalue weighted by molar-refractivity contribution is -0.119. The Balaban J connectivity index is 2.42. The highest BCUT2D eigenvalue weighted by molar-refractivity contribution is 5.98. The maximum Gasteiger partial charge on any atom is 0.317 e. The standard InChI is InChI=1S/C24H38N4O6/c1-15(2)25-24(31)28-11-16(3)21(33-7)12-27(5)23(30)19-9-8-18(26-22(29)14-32-6)10-20(19)34-13-17(28)4/h8-10,15-17,21H,11-14H2,1-7H3,(H,25,31)(H,26,29)/t16-,17+,21+/m1/s1. The van der Waals surface area contributed by atoms with E-state index in [9.17, 15) is 14.4 Å². The number of nitrogens with one attached hydrogen (secondary N) is 2. The smallest absolute Gasteiger partial charge is 0.317 e. The summed E-state index contributed by atoms with van der Waals surface area (Å²) < 4.78 is 16.6. The molecule has 1 aromatic carbocycles. The summed E-state index contributed by atoms with van der Waals surface area (Å²) in [5, 5.41) is 5.68. The predicted octanol–water partition coefficient (Wildman–Crippen LogP) is 2.20. The molecule has 34 heavy (non-hydrogen) atoms. The van der Waals surface area contributed by atoms with E-state index in [0.717, 1.165) is 0 Å². The first-order chi connectivity index (χ1) is 16.1. The SMILES string of the molecule is COCC(=O)Nc1ccc2c(c1)OC[C@H](C)N(C(=O)NC(C)C)C[C@@H](C)[C@@H](OC)CN(C)C2=O. The van der Waals surface area contributed by atoms with Crippen molar-refractivity contribution in [3.05, 3.63) is 23.8 Å². The fourth-order valence-electron chi connectivity index (χ4n) is 3.79. The second-order valence-electron chi connectivity index (χ2n) is 9.05. The lowest BCUT2D eigenvalue weighted by Crippen LogP contribution is -2.52. The first kappa shape index (κ1) is 27.4. The summed E-state index contributed by atoms with van der Waals surface area (Å²) in [7, 11) is 4.75. The first-order valence-corrected chi connectivity index (χ1v) is 11.5. The Hall–Kier alpha value is -2.85. The van der Waals surface area contributed by atoms with E-state index in [1.54, 1.807) is 42.2 Å². The van der Waals surface area contributed by atoms with Crippen LogP contribution in [0, 0.1) is 5.92 Å². The summed E-state index contributed by atoms with van der Waals surface area (Å²) in [6.07, 6.45) is -0.271. The molecule has 0 bridgehead atoms. The molecule has 0 saturated heterocycles. The Kier molecular flexibility index (Phi) is 10.1. The summed E-state index contributed by atoms with van der Waals surface area (Å²) in [6.45, 7) is 8.57. The Labute approximate surface area is 201 Å². The second-order valence-corrected chi connectivity index (χ2v) is 9.05. The maximum absolute atomic E-state index is 13.2. The predicted molar refractivity (Wildman–Crippen MR) is 129 cm³/mol. The number of carbonyl (C=O) groups excluding carboxylic acids is 3. The van der Waals surface area contributed by atoms with Crippen LogP contribution in [-0.4, -0.2) is 93.4 Å². The Morgan fingerprint density at radius 1 is 1.21 bits per heavy atom. The largest absolute Gasteiger partial charge is 0.491 e. The molecule has 0 unspecified atom stereocenters. The number of fused-ring (bicyclic) bond motifs is 1. The van der Waals surface area contributed by atoms with E-state index in [-0.39, 0.29) is 55.2 Å². The second kappa shape index (κ2) is 12.6. The molecule has 0 saturated carbocycles. The van der Waals surface area contributed by atoms with E-state index < -0.39 is 0 Å². The van der Waals surface area contributed by atoms with E-state index in [2.05, 4.69) is 10.6 Å². The minimum atomic E-state index is -0.319. The number of methoxy groups -OCH3 is 2. The van der Waals surface area contributed by atoms with Gasteiger partial charge in [-0.05, 0) is 32.9 Å². The maximum atomic E-state index is 13.2. The van der Waals surface area contributed by atoms with E-state index in [1.807, 2.05) is 27.7 Å². The van der Waals surface area contributed by atoms with Gasteiger partial charge in [-0.15, -0.1) is 0 Å². The molecule has 0 radical (unpaired) electrons. The molecule has 2 rings (SSSR count). The number of amides is 4. The fourth-order valence-corrected chi connectivity index (χ4v) is 3.79. The molecule has 0 aromatic heterocycles. The van der Waals surface area contributed by atoms with Gasteiger partial charge in [0.15, 0.2) is 0 Å². The van der Waals surface area contributed by atoms with Gasteiger partial charge in [0.1, 0.15) is 19.0 Å². The number of ether oxygens (including phenoxy) is 3. The zero-order valence-electron chi connectivity index (χ0n) is 21.2. The zero-order valence-corrected chi connectivity index (χ0v) is 21.2. The summed E-state index contributed by atoms with van der Waals surface area (Å²) in [6, 6.07) is 4.40. The molecule has 190 valence electrons. The first-order valence-electron chi connectivity index (χ1n) is 11.5. The number of rotatable bonds is 5. The van der Waals surface area contributed by atoms with E-state index in [0.29, 0.717) is 30.1 Å². The summed E-state index contributed by atoms with van der Waals surface area (Å²) in [4.78, 5) is 41.5. The average Bonchev–Trinajstić information content (AvgIpc) is 2.77. The van der Waals surface area contributed by atoms with Crippen LogP contribution in [0.15, 0.2) is 18.2 Å². The molecule has 10 heteroatoms. The number of anilines is 1. The lowest BCUT2D eigenvalue weighted by atomic mass is 10.0. The molecular formula is C24H38N4O6. The molecule has 10 nitrogen and oxygen atoms in total. The lowest BCUT2D eigenvalue weighted by Gasteiger charge is -2.36. The van der Waals surface area contributed by atoms with E-state index in [1.165, 1.54) is 7.11 Å². The molecule has 2 N–H and O–H groups in total. The van der Waals surface area contributed by atoms with Gasteiger partial charge < -0.3 is 34.6 Å². The fraction of sp³-hybridized carbons (Fsp3) is 0.625. The molecule has 1 aliphatic heterocycles. The van der Waals surface area contributed by atoms with Gasteiger partial charge in [0.25, 0.3) is 5.91 Å². The van der Waals surface area contributed by atoms with E-state index >= 15 is 0 Å². The van der Waals surface area contributed by atoms with Gasteiger partial charge in [0, 0.05) is 58.1 Å². The van der Waals surface area contributed by atoms with Crippen LogP contribution in [0.25, 0.3) is 0 Å². The highest BCUT2D eigenvalue weighted by atomic mass is 16.5. The van der Waals surface area contributed by atoms with Crippen LogP contribution in [0.3, 0.4) is 0 Å². The van der Waals surface area contributed by atoms with E-state index in [4.69, 9.17) is 14.2 Å². The van der Waals surface area contributed by atoms with Gasteiger partial charge in [-0.2, -0.15) is 0 Å². The Bertz CT molecular complexity index is 862. The number of likely N-dealkylation sites (N-methyl/N-ethyl adjacent to an activating group) is 1.